The lowest BCUT2D eigenvalue weighted by molar-refractivity contribution is 0.102. The summed E-state index contributed by atoms with van der Waals surface area (Å²) in [6.07, 6.45) is 0. The first-order valence-corrected chi connectivity index (χ1v) is 10.6. The molecule has 3 aromatic rings. The molecule has 0 aliphatic rings. The molecule has 2 heterocycles. The Morgan fingerprint density at radius 1 is 1.15 bits per heavy atom. The van der Waals surface area contributed by atoms with Gasteiger partial charge in [0.15, 0.2) is 9.47 Å². The summed E-state index contributed by atoms with van der Waals surface area (Å²) in [6, 6.07) is 7.02. The number of thioether (sulfide) groups is 1. The Hall–Kier alpha value is -2.50. The number of carbonyl (C=O) groups excluding carboxylic acids is 2. The van der Waals surface area contributed by atoms with Gasteiger partial charge in [0, 0.05) is 11.1 Å². The third-order valence-electron chi connectivity index (χ3n) is 3.13. The van der Waals surface area contributed by atoms with Gasteiger partial charge in [0.25, 0.3) is 5.91 Å². The number of anilines is 3. The van der Waals surface area contributed by atoms with Crippen molar-refractivity contribution in [3.63, 3.8) is 0 Å². The minimum absolute atomic E-state index is 0.200. The second-order valence-corrected chi connectivity index (χ2v) is 8.59. The monoisotopic (exact) mass is 420 g/mol. The van der Waals surface area contributed by atoms with Gasteiger partial charge in [-0.1, -0.05) is 42.2 Å². The van der Waals surface area contributed by atoms with Crippen LogP contribution in [-0.2, 0) is 0 Å². The predicted octanol–water partition coefficient (Wildman–Crippen LogP) is 4.31. The minimum Gasteiger partial charge on any atom is -0.308 e. The number of hydrogen-bond donors (Lipinski definition) is 3. The van der Waals surface area contributed by atoms with Gasteiger partial charge in [0.1, 0.15) is 5.69 Å². The highest BCUT2D eigenvalue weighted by atomic mass is 32.2. The smallest absolute Gasteiger partial charge is 0.308 e. The summed E-state index contributed by atoms with van der Waals surface area (Å²) in [4.78, 5) is 28.4. The van der Waals surface area contributed by atoms with Crippen LogP contribution in [0.3, 0.4) is 0 Å². The van der Waals surface area contributed by atoms with E-state index in [1.807, 2.05) is 32.0 Å². The molecule has 0 bridgehead atoms. The molecule has 3 N–H and O–H groups in total. The number of nitrogens with one attached hydrogen (secondary N) is 3. The zero-order chi connectivity index (χ0) is 19.2. The predicted molar refractivity (Wildman–Crippen MR) is 110 cm³/mol. The van der Waals surface area contributed by atoms with Gasteiger partial charge in [-0.25, -0.2) is 9.78 Å². The van der Waals surface area contributed by atoms with Crippen LogP contribution in [-0.4, -0.2) is 32.9 Å². The van der Waals surface area contributed by atoms with E-state index in [1.54, 1.807) is 23.2 Å². The summed E-state index contributed by atoms with van der Waals surface area (Å²) in [7, 11) is 0. The highest BCUT2D eigenvalue weighted by molar-refractivity contribution is 8.01. The summed E-state index contributed by atoms with van der Waals surface area (Å²) in [6.45, 7) is 3.96. The van der Waals surface area contributed by atoms with E-state index in [4.69, 9.17) is 0 Å². The molecule has 0 saturated carbocycles. The molecule has 0 unspecified atom stereocenters. The average molecular weight is 421 g/mol. The topological polar surface area (TPSA) is 109 Å². The molecule has 0 fully saturated rings. The maximum atomic E-state index is 12.2. The van der Waals surface area contributed by atoms with E-state index >= 15 is 0 Å². The Morgan fingerprint density at radius 3 is 2.78 bits per heavy atom. The lowest BCUT2D eigenvalue weighted by Gasteiger charge is -2.05. The molecule has 140 valence electrons. The largest absolute Gasteiger partial charge is 0.325 e. The fraction of sp³-hybridized carbons (Fsp3) is 0.188. The number of aryl methyl sites for hydroxylation is 1. The Morgan fingerprint density at radius 2 is 2.00 bits per heavy atom. The first-order chi connectivity index (χ1) is 13.0. The van der Waals surface area contributed by atoms with Crippen LogP contribution < -0.4 is 16.0 Å². The van der Waals surface area contributed by atoms with Gasteiger partial charge >= 0.3 is 6.03 Å². The number of nitrogens with zero attached hydrogens (tertiary/aromatic N) is 3. The summed E-state index contributed by atoms with van der Waals surface area (Å²) in [5, 5.41) is 18.2. The molecule has 8 nitrogen and oxygen atoms in total. The van der Waals surface area contributed by atoms with E-state index in [-0.39, 0.29) is 5.69 Å². The fourth-order valence-corrected chi connectivity index (χ4v) is 4.35. The molecule has 0 radical (unpaired) electrons. The Labute approximate surface area is 167 Å². The van der Waals surface area contributed by atoms with E-state index in [2.05, 4.69) is 31.1 Å². The SMILES string of the molecule is CCSc1nnc(NC(=O)c2csc(NC(=O)Nc3cccc(C)c3)n2)s1. The van der Waals surface area contributed by atoms with Crippen LogP contribution in [0.1, 0.15) is 23.0 Å². The molecule has 11 heteroatoms. The highest BCUT2D eigenvalue weighted by Gasteiger charge is 2.15. The van der Waals surface area contributed by atoms with Gasteiger partial charge in [-0.15, -0.1) is 21.5 Å². The molecular formula is C16H16N6O2S3. The van der Waals surface area contributed by atoms with Crippen molar-refractivity contribution in [1.82, 2.24) is 15.2 Å². The van der Waals surface area contributed by atoms with Gasteiger partial charge in [0.05, 0.1) is 0 Å². The van der Waals surface area contributed by atoms with Crippen molar-refractivity contribution < 1.29 is 9.59 Å². The Bertz CT molecular complexity index is 955. The van der Waals surface area contributed by atoms with Crippen LogP contribution in [0.5, 0.6) is 0 Å². The number of aromatic nitrogens is 3. The second-order valence-electron chi connectivity index (χ2n) is 5.25. The third-order valence-corrected chi connectivity index (χ3v) is 5.74. The minimum atomic E-state index is -0.424. The lowest BCUT2D eigenvalue weighted by atomic mass is 10.2. The van der Waals surface area contributed by atoms with Crippen LogP contribution in [0, 0.1) is 6.92 Å². The lowest BCUT2D eigenvalue weighted by Crippen LogP contribution is -2.19. The maximum absolute atomic E-state index is 12.2. The van der Waals surface area contributed by atoms with E-state index in [0.29, 0.717) is 16.0 Å². The number of benzene rings is 1. The van der Waals surface area contributed by atoms with E-state index in [9.17, 15) is 9.59 Å². The van der Waals surface area contributed by atoms with Crippen molar-refractivity contribution in [3.05, 3.63) is 40.9 Å². The number of thiazole rings is 1. The summed E-state index contributed by atoms with van der Waals surface area (Å²) < 4.78 is 0.793. The molecule has 0 saturated heterocycles. The second kappa shape index (κ2) is 8.93. The first kappa shape index (κ1) is 19.3. The van der Waals surface area contributed by atoms with Gasteiger partial charge in [-0.05, 0) is 30.4 Å². The molecule has 0 spiro atoms. The molecule has 27 heavy (non-hydrogen) atoms. The molecule has 0 aliphatic heterocycles. The van der Waals surface area contributed by atoms with Crippen molar-refractivity contribution >= 4 is 62.3 Å². The van der Waals surface area contributed by atoms with Crippen molar-refractivity contribution in [2.75, 3.05) is 21.7 Å². The van der Waals surface area contributed by atoms with Gasteiger partial charge < -0.3 is 5.32 Å². The van der Waals surface area contributed by atoms with E-state index < -0.39 is 11.9 Å². The van der Waals surface area contributed by atoms with Crippen LogP contribution in [0.4, 0.5) is 20.7 Å². The third kappa shape index (κ3) is 5.49. The quantitative estimate of drug-likeness (QED) is 0.405. The molecule has 3 rings (SSSR count). The molecule has 1 aromatic carbocycles. The van der Waals surface area contributed by atoms with E-state index in [0.717, 1.165) is 27.0 Å². The number of hydrogen-bond acceptors (Lipinski definition) is 8. The zero-order valence-corrected chi connectivity index (χ0v) is 16.9. The van der Waals surface area contributed by atoms with Crippen molar-refractivity contribution in [2.45, 2.75) is 18.2 Å². The standard InChI is InChI=1S/C16H16N6O2S3/c1-3-25-16-22-21-15(27-16)19-12(23)11-8-26-14(18-11)20-13(24)17-10-6-4-5-9(2)7-10/h4-8H,3H2,1-2H3,(H,19,21,23)(H2,17,18,20,24). The summed E-state index contributed by atoms with van der Waals surface area (Å²) in [5.74, 6) is 0.483. The fourth-order valence-electron chi connectivity index (χ4n) is 2.02. The number of rotatable bonds is 6. The van der Waals surface area contributed by atoms with Crippen LogP contribution >= 0.6 is 34.4 Å². The molecule has 0 aliphatic carbocycles. The number of amides is 3. The van der Waals surface area contributed by atoms with Crippen LogP contribution in [0.15, 0.2) is 34.0 Å². The molecular weight excluding hydrogens is 404 g/mol. The average Bonchev–Trinajstić information content (AvgIpc) is 3.25. The van der Waals surface area contributed by atoms with E-state index in [1.165, 1.54) is 11.3 Å². The molecule has 0 atom stereocenters. The zero-order valence-electron chi connectivity index (χ0n) is 14.5. The van der Waals surface area contributed by atoms with Gasteiger partial charge in [0.2, 0.25) is 5.13 Å². The van der Waals surface area contributed by atoms with Crippen LogP contribution in [0.2, 0.25) is 0 Å². The molecule has 2 aromatic heterocycles. The summed E-state index contributed by atoms with van der Waals surface area (Å²) in [5.41, 5.74) is 1.92. The summed E-state index contributed by atoms with van der Waals surface area (Å²) >= 11 is 4.03. The Balaban J connectivity index is 1.56. The molecule has 3 amide bonds. The van der Waals surface area contributed by atoms with Gasteiger partial charge in [-0.2, -0.15) is 0 Å². The number of urea groups is 1. The van der Waals surface area contributed by atoms with Crippen molar-refractivity contribution in [1.29, 1.82) is 0 Å². The van der Waals surface area contributed by atoms with Crippen molar-refractivity contribution in [2.24, 2.45) is 0 Å². The normalized spacial score (nSPS) is 10.4. The van der Waals surface area contributed by atoms with Crippen molar-refractivity contribution in [3.8, 4) is 0 Å². The van der Waals surface area contributed by atoms with Crippen LogP contribution in [0.25, 0.3) is 0 Å². The highest BCUT2D eigenvalue weighted by Crippen LogP contribution is 2.25. The Kier molecular flexibility index (Phi) is 6.37. The maximum Gasteiger partial charge on any atom is 0.325 e. The van der Waals surface area contributed by atoms with Gasteiger partial charge in [-0.3, -0.25) is 15.4 Å². The number of carbonyl (C=O) groups is 2. The first-order valence-electron chi connectivity index (χ1n) is 7.91.